The Hall–Kier alpha value is -1.09. The number of hydrogen-bond donors (Lipinski definition) is 2. The average Bonchev–Trinajstić information content (AvgIpc) is 2.56. The number of amides is 3. The Balaban J connectivity index is 0. The molecular weight excluding hydrogens is 357 g/mol. The minimum atomic E-state index is -0.346. The fourth-order valence-corrected chi connectivity index (χ4v) is 2.30. The van der Waals surface area contributed by atoms with Crippen LogP contribution in [-0.2, 0) is 14.4 Å². The molecule has 0 aromatic carbocycles. The topological polar surface area (TPSA) is 99.0 Å². The standard InChI is InChI=1S/C14H27N5O3.2ClH/c1-3-17(4-2)11-14(22)19-7-5-18(6-8-19)13(21)10-16-12(20)9-15;;/h3-11,15H2,1-2H3,(H,16,20);2*1H. The smallest absolute Gasteiger partial charge is 0.242 e. The highest BCUT2D eigenvalue weighted by Crippen LogP contribution is 2.03. The van der Waals surface area contributed by atoms with Gasteiger partial charge in [0.1, 0.15) is 0 Å². The van der Waals surface area contributed by atoms with Crippen LogP contribution in [0.1, 0.15) is 13.8 Å². The van der Waals surface area contributed by atoms with E-state index in [0.717, 1.165) is 13.1 Å². The average molecular weight is 386 g/mol. The highest BCUT2D eigenvalue weighted by Gasteiger charge is 2.24. The first kappa shape index (κ1) is 25.2. The van der Waals surface area contributed by atoms with Crippen LogP contribution >= 0.6 is 24.8 Å². The Kier molecular flexibility index (Phi) is 13.9. The van der Waals surface area contributed by atoms with Crippen molar-refractivity contribution in [3.05, 3.63) is 0 Å². The van der Waals surface area contributed by atoms with Crippen LogP contribution in [0, 0.1) is 0 Å². The van der Waals surface area contributed by atoms with Crippen LogP contribution in [0.5, 0.6) is 0 Å². The van der Waals surface area contributed by atoms with E-state index in [-0.39, 0.29) is 55.6 Å². The van der Waals surface area contributed by atoms with E-state index < -0.39 is 0 Å². The second-order valence-corrected chi connectivity index (χ2v) is 5.20. The van der Waals surface area contributed by atoms with Gasteiger partial charge < -0.3 is 20.9 Å². The van der Waals surface area contributed by atoms with Crippen LogP contribution in [0.2, 0.25) is 0 Å². The van der Waals surface area contributed by atoms with Gasteiger partial charge in [-0.15, -0.1) is 24.8 Å². The lowest BCUT2D eigenvalue weighted by atomic mass is 10.3. The molecule has 0 aromatic heterocycles. The molecular formula is C14H29Cl2N5O3. The molecule has 8 nitrogen and oxygen atoms in total. The predicted molar refractivity (Wildman–Crippen MR) is 97.5 cm³/mol. The van der Waals surface area contributed by atoms with E-state index in [1.807, 2.05) is 13.8 Å². The normalized spacial score (nSPS) is 13.8. The molecule has 10 heteroatoms. The number of carbonyl (C=O) groups is 3. The van der Waals surface area contributed by atoms with Crippen molar-refractivity contribution in [1.29, 1.82) is 0 Å². The molecule has 3 amide bonds. The van der Waals surface area contributed by atoms with Crippen LogP contribution in [0.15, 0.2) is 0 Å². The van der Waals surface area contributed by atoms with Crippen molar-refractivity contribution in [2.45, 2.75) is 13.8 Å². The lowest BCUT2D eigenvalue weighted by molar-refractivity contribution is -0.140. The van der Waals surface area contributed by atoms with E-state index in [9.17, 15) is 14.4 Å². The van der Waals surface area contributed by atoms with Crippen molar-refractivity contribution >= 4 is 42.5 Å². The third-order valence-electron chi connectivity index (χ3n) is 3.86. The number of nitrogens with zero attached hydrogens (tertiary/aromatic N) is 3. The summed E-state index contributed by atoms with van der Waals surface area (Å²) in [5, 5.41) is 2.46. The quantitative estimate of drug-likeness (QED) is 0.580. The molecule has 0 atom stereocenters. The molecule has 0 saturated carbocycles. The van der Waals surface area contributed by atoms with Gasteiger partial charge in [0.2, 0.25) is 17.7 Å². The highest BCUT2D eigenvalue weighted by atomic mass is 35.5. The zero-order valence-corrected chi connectivity index (χ0v) is 16.0. The molecule has 1 aliphatic rings. The summed E-state index contributed by atoms with van der Waals surface area (Å²) in [6, 6.07) is 0. The Labute approximate surface area is 155 Å². The van der Waals surface area contributed by atoms with E-state index >= 15 is 0 Å². The number of rotatable bonds is 7. The van der Waals surface area contributed by atoms with Gasteiger partial charge in [0.05, 0.1) is 19.6 Å². The van der Waals surface area contributed by atoms with Crippen LogP contribution in [-0.4, -0.2) is 91.3 Å². The second-order valence-electron chi connectivity index (χ2n) is 5.20. The summed E-state index contributed by atoms with van der Waals surface area (Å²) in [5.41, 5.74) is 5.17. The molecule has 1 rings (SSSR count). The molecule has 142 valence electrons. The van der Waals surface area contributed by atoms with Crippen molar-refractivity contribution in [3.8, 4) is 0 Å². The number of halogens is 2. The Morgan fingerprint density at radius 1 is 0.958 bits per heavy atom. The van der Waals surface area contributed by atoms with E-state index in [0.29, 0.717) is 32.7 Å². The van der Waals surface area contributed by atoms with Gasteiger partial charge in [0, 0.05) is 26.2 Å². The van der Waals surface area contributed by atoms with Gasteiger partial charge in [-0.1, -0.05) is 13.8 Å². The van der Waals surface area contributed by atoms with Crippen LogP contribution in [0.25, 0.3) is 0 Å². The zero-order valence-electron chi connectivity index (χ0n) is 14.3. The summed E-state index contributed by atoms with van der Waals surface area (Å²) in [7, 11) is 0. The van der Waals surface area contributed by atoms with Gasteiger partial charge in [0.25, 0.3) is 0 Å². The van der Waals surface area contributed by atoms with Crippen LogP contribution in [0.4, 0.5) is 0 Å². The van der Waals surface area contributed by atoms with Gasteiger partial charge in [-0.3, -0.25) is 19.3 Å². The first-order chi connectivity index (χ1) is 10.5. The van der Waals surface area contributed by atoms with Gasteiger partial charge in [0.15, 0.2) is 0 Å². The number of piperazine rings is 1. The van der Waals surface area contributed by atoms with Crippen molar-refractivity contribution in [1.82, 2.24) is 20.0 Å². The molecule has 0 aliphatic carbocycles. The van der Waals surface area contributed by atoms with Crippen LogP contribution < -0.4 is 11.1 Å². The van der Waals surface area contributed by atoms with E-state index in [4.69, 9.17) is 5.73 Å². The molecule has 1 heterocycles. The molecule has 0 radical (unpaired) electrons. The molecule has 3 N–H and O–H groups in total. The molecule has 0 bridgehead atoms. The molecule has 0 spiro atoms. The summed E-state index contributed by atoms with van der Waals surface area (Å²) in [6.07, 6.45) is 0. The number of carbonyl (C=O) groups excluding carboxylic acids is 3. The summed E-state index contributed by atoms with van der Waals surface area (Å²) in [6.45, 7) is 8.10. The SMILES string of the molecule is CCN(CC)CC(=O)N1CCN(C(=O)CNC(=O)CN)CC1.Cl.Cl. The number of likely N-dealkylation sites (N-methyl/N-ethyl adjacent to an activating group) is 1. The zero-order chi connectivity index (χ0) is 16.5. The molecule has 0 aromatic rings. The fraction of sp³-hybridized carbons (Fsp3) is 0.786. The molecule has 1 aliphatic heterocycles. The molecule has 0 unspecified atom stereocenters. The highest BCUT2D eigenvalue weighted by molar-refractivity contribution is 5.86. The van der Waals surface area contributed by atoms with Crippen molar-refractivity contribution < 1.29 is 14.4 Å². The molecule has 24 heavy (non-hydrogen) atoms. The van der Waals surface area contributed by atoms with Gasteiger partial charge in [-0.05, 0) is 13.1 Å². The third-order valence-corrected chi connectivity index (χ3v) is 3.86. The summed E-state index contributed by atoms with van der Waals surface area (Å²) in [4.78, 5) is 40.7. The fourth-order valence-electron chi connectivity index (χ4n) is 2.30. The maximum atomic E-state index is 12.2. The van der Waals surface area contributed by atoms with Gasteiger partial charge in [-0.2, -0.15) is 0 Å². The van der Waals surface area contributed by atoms with Crippen molar-refractivity contribution in [3.63, 3.8) is 0 Å². The summed E-state index contributed by atoms with van der Waals surface area (Å²) >= 11 is 0. The van der Waals surface area contributed by atoms with Crippen LogP contribution in [0.3, 0.4) is 0 Å². The molecule has 1 fully saturated rings. The Bertz CT molecular complexity index is 400. The van der Waals surface area contributed by atoms with E-state index in [1.54, 1.807) is 9.80 Å². The first-order valence-corrected chi connectivity index (χ1v) is 7.76. The largest absolute Gasteiger partial charge is 0.346 e. The summed E-state index contributed by atoms with van der Waals surface area (Å²) in [5.74, 6) is -0.383. The lowest BCUT2D eigenvalue weighted by Crippen LogP contribution is -2.54. The van der Waals surface area contributed by atoms with Crippen molar-refractivity contribution in [2.75, 3.05) is 58.9 Å². The maximum absolute atomic E-state index is 12.2. The number of nitrogens with one attached hydrogen (secondary N) is 1. The minimum absolute atomic E-state index is 0. The van der Waals surface area contributed by atoms with E-state index in [1.165, 1.54) is 0 Å². The first-order valence-electron chi connectivity index (χ1n) is 7.76. The second kappa shape index (κ2) is 13.2. The molecule has 1 saturated heterocycles. The number of hydrogen-bond acceptors (Lipinski definition) is 5. The van der Waals surface area contributed by atoms with Crippen molar-refractivity contribution in [2.24, 2.45) is 5.73 Å². The Morgan fingerprint density at radius 3 is 1.83 bits per heavy atom. The predicted octanol–water partition coefficient (Wildman–Crippen LogP) is -1.08. The minimum Gasteiger partial charge on any atom is -0.346 e. The maximum Gasteiger partial charge on any atom is 0.242 e. The monoisotopic (exact) mass is 385 g/mol. The number of nitrogens with two attached hydrogens (primary N) is 1. The van der Waals surface area contributed by atoms with E-state index in [2.05, 4.69) is 10.2 Å². The third kappa shape index (κ3) is 8.14. The Morgan fingerprint density at radius 2 is 1.42 bits per heavy atom. The van der Waals surface area contributed by atoms with Gasteiger partial charge in [-0.25, -0.2) is 0 Å². The lowest BCUT2D eigenvalue weighted by Gasteiger charge is -2.35. The summed E-state index contributed by atoms with van der Waals surface area (Å²) < 4.78 is 0. The van der Waals surface area contributed by atoms with Gasteiger partial charge >= 0.3 is 0 Å².